The SMILES string of the molecule is CC1(C)C(=CC=CC2=[N+](CCCCCC(=O)O)c3ccc(S(=O)(=O)O)cc3C2(C)C)N(CCCS(=O)(=O)[O-])c2ccc(CN)cc21. The lowest BCUT2D eigenvalue weighted by Gasteiger charge is -2.27. The van der Waals surface area contributed by atoms with Crippen molar-refractivity contribution in [2.24, 2.45) is 5.73 Å². The molecule has 0 bridgehead atoms. The van der Waals surface area contributed by atoms with Gasteiger partial charge in [0, 0.05) is 66.2 Å². The topological polar surface area (TPSA) is 181 Å². The molecule has 2 heterocycles. The zero-order chi connectivity index (χ0) is 34.1. The van der Waals surface area contributed by atoms with Gasteiger partial charge in [-0.15, -0.1) is 0 Å². The third-order valence-electron chi connectivity index (χ3n) is 8.91. The third-order valence-corrected chi connectivity index (χ3v) is 10.5. The summed E-state index contributed by atoms with van der Waals surface area (Å²) in [6.07, 6.45) is 8.09. The quantitative estimate of drug-likeness (QED) is 0.146. The van der Waals surface area contributed by atoms with E-state index in [1.807, 2.05) is 49.1 Å². The van der Waals surface area contributed by atoms with Gasteiger partial charge in [-0.25, -0.2) is 8.42 Å². The van der Waals surface area contributed by atoms with E-state index in [1.165, 1.54) is 12.1 Å². The van der Waals surface area contributed by atoms with Crippen LogP contribution in [0.25, 0.3) is 0 Å². The lowest BCUT2D eigenvalue weighted by Crippen LogP contribution is -2.29. The molecule has 0 radical (unpaired) electrons. The van der Waals surface area contributed by atoms with E-state index in [0.717, 1.165) is 39.5 Å². The second-order valence-corrected chi connectivity index (χ2v) is 15.8. The molecular formula is C33H43N3O8S2. The van der Waals surface area contributed by atoms with Crippen LogP contribution in [0.5, 0.6) is 0 Å². The highest BCUT2D eigenvalue weighted by Gasteiger charge is 2.45. The fourth-order valence-corrected chi connectivity index (χ4v) is 7.49. The number of anilines is 1. The highest BCUT2D eigenvalue weighted by molar-refractivity contribution is 7.86. The highest BCUT2D eigenvalue weighted by atomic mass is 32.2. The Morgan fingerprint density at radius 1 is 0.978 bits per heavy atom. The largest absolute Gasteiger partial charge is 0.748 e. The van der Waals surface area contributed by atoms with Gasteiger partial charge in [-0.1, -0.05) is 32.1 Å². The van der Waals surface area contributed by atoms with Gasteiger partial charge in [0.1, 0.15) is 6.54 Å². The summed E-state index contributed by atoms with van der Waals surface area (Å²) in [5.41, 5.74) is 11.1. The molecule has 4 rings (SSSR count). The van der Waals surface area contributed by atoms with Crippen molar-refractivity contribution in [1.82, 2.24) is 0 Å². The maximum absolute atomic E-state index is 12.0. The lowest BCUT2D eigenvalue weighted by molar-refractivity contribution is -0.438. The van der Waals surface area contributed by atoms with Crippen molar-refractivity contribution < 1.29 is 40.4 Å². The molecule has 0 aromatic heterocycles. The average molecular weight is 674 g/mol. The molecule has 2 aliphatic rings. The number of rotatable bonds is 14. The number of unbranched alkanes of at least 4 members (excludes halogenated alkanes) is 2. The number of fused-ring (bicyclic) bond motifs is 2. The van der Waals surface area contributed by atoms with Crippen molar-refractivity contribution in [3.63, 3.8) is 0 Å². The third kappa shape index (κ3) is 7.60. The monoisotopic (exact) mass is 673 g/mol. The van der Waals surface area contributed by atoms with Crippen molar-refractivity contribution in [2.45, 2.75) is 82.1 Å². The molecule has 2 aliphatic heterocycles. The molecule has 2 aromatic carbocycles. The van der Waals surface area contributed by atoms with Gasteiger partial charge < -0.3 is 20.3 Å². The van der Waals surface area contributed by atoms with Crippen LogP contribution in [0.3, 0.4) is 0 Å². The molecule has 0 amide bonds. The smallest absolute Gasteiger partial charge is 0.303 e. The molecular weight excluding hydrogens is 631 g/mol. The maximum Gasteiger partial charge on any atom is 0.303 e. The molecule has 0 unspecified atom stereocenters. The van der Waals surface area contributed by atoms with Crippen molar-refractivity contribution in [2.75, 3.05) is 23.7 Å². The van der Waals surface area contributed by atoms with Gasteiger partial charge in [-0.3, -0.25) is 9.35 Å². The van der Waals surface area contributed by atoms with Gasteiger partial charge in [0.15, 0.2) is 5.71 Å². The molecule has 0 atom stereocenters. The minimum absolute atomic E-state index is 0.0893. The van der Waals surface area contributed by atoms with Crippen LogP contribution in [0.1, 0.15) is 76.5 Å². The first-order valence-corrected chi connectivity index (χ1v) is 18.3. The van der Waals surface area contributed by atoms with E-state index in [0.29, 0.717) is 38.9 Å². The fourth-order valence-electron chi connectivity index (χ4n) is 6.50. The van der Waals surface area contributed by atoms with Crippen LogP contribution in [0.15, 0.2) is 65.2 Å². The summed E-state index contributed by atoms with van der Waals surface area (Å²) >= 11 is 0. The van der Waals surface area contributed by atoms with Crippen LogP contribution in [0.4, 0.5) is 11.4 Å². The Balaban J connectivity index is 1.75. The van der Waals surface area contributed by atoms with E-state index in [4.69, 9.17) is 10.8 Å². The maximum atomic E-state index is 12.0. The molecule has 0 saturated carbocycles. The molecule has 0 fully saturated rings. The number of nitrogens with zero attached hydrogens (tertiary/aromatic N) is 2. The first-order chi connectivity index (χ1) is 21.4. The number of allylic oxidation sites excluding steroid dienone is 4. The summed E-state index contributed by atoms with van der Waals surface area (Å²) in [6.45, 7) is 9.40. The van der Waals surface area contributed by atoms with Gasteiger partial charge in [-0.05, 0) is 68.5 Å². The van der Waals surface area contributed by atoms with Gasteiger partial charge in [0.25, 0.3) is 10.1 Å². The van der Waals surface area contributed by atoms with Gasteiger partial charge >= 0.3 is 5.97 Å². The highest BCUT2D eigenvalue weighted by Crippen LogP contribution is 2.48. The molecule has 4 N–H and O–H groups in total. The minimum atomic E-state index is -4.42. The summed E-state index contributed by atoms with van der Waals surface area (Å²) < 4.78 is 69.9. The van der Waals surface area contributed by atoms with Crippen LogP contribution in [0.2, 0.25) is 0 Å². The molecule has 11 nitrogen and oxygen atoms in total. The first-order valence-electron chi connectivity index (χ1n) is 15.3. The molecule has 2 aromatic rings. The zero-order valence-electron chi connectivity index (χ0n) is 26.7. The average Bonchev–Trinajstić information content (AvgIpc) is 3.29. The van der Waals surface area contributed by atoms with Gasteiger partial charge in [-0.2, -0.15) is 13.0 Å². The molecule has 13 heteroatoms. The molecule has 0 aliphatic carbocycles. The van der Waals surface area contributed by atoms with Crippen molar-refractivity contribution in [3.8, 4) is 0 Å². The predicted octanol–water partition coefficient (Wildman–Crippen LogP) is 4.59. The molecule has 0 spiro atoms. The normalized spacial score (nSPS) is 18.1. The standard InChI is InChI=1S/C33H43N3O8S2/c1-32(2)25-20-23(22-34)13-15-27(25)36(18-9-19-45(39,40)41)29(32)10-8-11-30-33(3,4)26-21-24(46(42,43)44)14-16-28(26)35(30)17-7-5-6-12-31(37)38/h8,10-11,13-16,20-21H,5-7,9,12,17-19,22,34H2,1-4H3,(H2-,37,38,39,40,41,42,43,44). The van der Waals surface area contributed by atoms with Crippen molar-refractivity contribution in [1.29, 1.82) is 0 Å². The number of aliphatic carboxylic acids is 1. The van der Waals surface area contributed by atoms with Gasteiger partial charge in [0.05, 0.1) is 20.4 Å². The van der Waals surface area contributed by atoms with Crippen molar-refractivity contribution in [3.05, 3.63) is 77.0 Å². The second kappa shape index (κ2) is 13.4. The number of carboxylic acids is 1. The van der Waals surface area contributed by atoms with Crippen LogP contribution < -0.4 is 10.6 Å². The minimum Gasteiger partial charge on any atom is -0.748 e. The summed E-state index contributed by atoms with van der Waals surface area (Å²) in [5.74, 6) is -1.31. The number of hydrogen-bond donors (Lipinski definition) is 3. The number of hydrogen-bond acceptors (Lipinski definition) is 8. The summed E-state index contributed by atoms with van der Waals surface area (Å²) in [4.78, 5) is 12.8. The van der Waals surface area contributed by atoms with Crippen molar-refractivity contribution >= 4 is 43.3 Å². The Kier molecular flexibility index (Phi) is 10.3. The van der Waals surface area contributed by atoms with E-state index in [2.05, 4.69) is 24.5 Å². The molecule has 250 valence electrons. The predicted molar refractivity (Wildman–Crippen MR) is 176 cm³/mol. The summed E-state index contributed by atoms with van der Waals surface area (Å²) in [5, 5.41) is 9.02. The van der Waals surface area contributed by atoms with E-state index < -0.39 is 42.8 Å². The first kappa shape index (κ1) is 35.5. The van der Waals surface area contributed by atoms with Gasteiger partial charge in [0.2, 0.25) is 5.69 Å². The number of carbonyl (C=O) groups is 1. The Bertz CT molecular complexity index is 1820. The van der Waals surface area contributed by atoms with E-state index >= 15 is 0 Å². The number of nitrogens with two attached hydrogens (primary N) is 1. The Labute approximate surface area is 271 Å². The number of benzene rings is 2. The summed E-state index contributed by atoms with van der Waals surface area (Å²) in [6, 6.07) is 10.5. The Morgan fingerprint density at radius 3 is 2.33 bits per heavy atom. The Morgan fingerprint density at radius 2 is 1.70 bits per heavy atom. The van der Waals surface area contributed by atoms with E-state index in [1.54, 1.807) is 6.07 Å². The lowest BCUT2D eigenvalue weighted by atomic mass is 9.81. The van der Waals surface area contributed by atoms with Crippen LogP contribution in [-0.2, 0) is 42.4 Å². The Hall–Kier alpha value is -3.36. The van der Waals surface area contributed by atoms with Crippen LogP contribution in [-0.4, -0.2) is 66.1 Å². The molecule has 0 saturated heterocycles. The van der Waals surface area contributed by atoms with E-state index in [9.17, 15) is 30.7 Å². The number of carboxylic acid groups (broad SMARTS) is 1. The van der Waals surface area contributed by atoms with E-state index in [-0.39, 0.29) is 17.7 Å². The van der Waals surface area contributed by atoms with Crippen LogP contribution >= 0.6 is 0 Å². The molecule has 46 heavy (non-hydrogen) atoms. The van der Waals surface area contributed by atoms with Crippen LogP contribution in [0, 0.1) is 0 Å². The zero-order valence-corrected chi connectivity index (χ0v) is 28.3. The summed E-state index contributed by atoms with van der Waals surface area (Å²) in [7, 11) is -8.79. The second-order valence-electron chi connectivity index (χ2n) is 12.9. The fraction of sp³-hybridized carbons (Fsp3) is 0.455.